The predicted octanol–water partition coefficient (Wildman–Crippen LogP) is 3.46. The molecule has 1 saturated carbocycles. The maximum Gasteiger partial charge on any atom is 0.161 e. The van der Waals surface area contributed by atoms with Gasteiger partial charge in [-0.1, -0.05) is 12.5 Å². The van der Waals surface area contributed by atoms with E-state index in [1.54, 1.807) is 14.0 Å². The summed E-state index contributed by atoms with van der Waals surface area (Å²) in [5.41, 5.74) is 0.850. The lowest BCUT2D eigenvalue weighted by Crippen LogP contribution is -2.19. The van der Waals surface area contributed by atoms with Gasteiger partial charge in [-0.3, -0.25) is 0 Å². The van der Waals surface area contributed by atoms with E-state index in [1.165, 1.54) is 19.3 Å². The second-order valence-electron chi connectivity index (χ2n) is 4.96. The lowest BCUT2D eigenvalue weighted by molar-refractivity contribution is 0.149. The number of methoxy groups -OCH3 is 1. The Bertz CT molecular complexity index is 381. The topological polar surface area (TPSA) is 38.7 Å². The Morgan fingerprint density at radius 1 is 1.17 bits per heavy atom. The van der Waals surface area contributed by atoms with Gasteiger partial charge in [-0.2, -0.15) is 0 Å². The van der Waals surface area contributed by atoms with Crippen LogP contribution in [-0.2, 0) is 0 Å². The fourth-order valence-electron chi connectivity index (χ4n) is 2.40. The molecule has 0 heterocycles. The molecule has 1 aromatic carbocycles. The van der Waals surface area contributed by atoms with Crippen molar-refractivity contribution in [2.45, 2.75) is 51.2 Å². The fraction of sp³-hybridized carbons (Fsp3) is 0.600. The highest BCUT2D eigenvalue weighted by Crippen LogP contribution is 2.33. The number of hydrogen-bond donors (Lipinski definition) is 1. The minimum Gasteiger partial charge on any atom is -0.493 e. The number of aliphatic hydroxyl groups is 1. The Morgan fingerprint density at radius 3 is 2.50 bits per heavy atom. The number of hydrogen-bond acceptors (Lipinski definition) is 3. The molecule has 0 saturated heterocycles. The maximum atomic E-state index is 9.56. The van der Waals surface area contributed by atoms with Gasteiger partial charge >= 0.3 is 0 Å². The van der Waals surface area contributed by atoms with Crippen LogP contribution in [0.4, 0.5) is 0 Å². The standard InChI is InChI=1S/C15H22O3/c1-11(16)12-8-9-14(15(10-12)17-2)18-13-6-4-3-5-7-13/h8-11,13,16H,3-7H2,1-2H3. The van der Waals surface area contributed by atoms with Crippen LogP contribution in [-0.4, -0.2) is 18.3 Å². The van der Waals surface area contributed by atoms with Gasteiger partial charge in [-0.05, 0) is 50.3 Å². The van der Waals surface area contributed by atoms with Gasteiger partial charge in [-0.25, -0.2) is 0 Å². The van der Waals surface area contributed by atoms with Crippen LogP contribution in [0.2, 0.25) is 0 Å². The first kappa shape index (κ1) is 13.2. The summed E-state index contributed by atoms with van der Waals surface area (Å²) in [5, 5.41) is 9.56. The Hall–Kier alpha value is -1.22. The van der Waals surface area contributed by atoms with Gasteiger partial charge in [0, 0.05) is 0 Å². The average molecular weight is 250 g/mol. The summed E-state index contributed by atoms with van der Waals surface area (Å²) in [6, 6.07) is 5.64. The van der Waals surface area contributed by atoms with Crippen molar-refractivity contribution >= 4 is 0 Å². The maximum absolute atomic E-state index is 9.56. The van der Waals surface area contributed by atoms with Crippen LogP contribution in [0.3, 0.4) is 0 Å². The van der Waals surface area contributed by atoms with Gasteiger partial charge in [0.2, 0.25) is 0 Å². The average Bonchev–Trinajstić information content (AvgIpc) is 2.40. The summed E-state index contributed by atoms with van der Waals surface area (Å²) in [6.45, 7) is 1.75. The molecule has 0 aliphatic heterocycles. The van der Waals surface area contributed by atoms with Gasteiger partial charge in [0.05, 0.1) is 19.3 Å². The first-order valence-electron chi connectivity index (χ1n) is 6.73. The third-order valence-corrected chi connectivity index (χ3v) is 3.52. The van der Waals surface area contributed by atoms with Gasteiger partial charge in [0.15, 0.2) is 11.5 Å². The summed E-state index contributed by atoms with van der Waals surface area (Å²) in [7, 11) is 1.63. The second-order valence-corrected chi connectivity index (χ2v) is 4.96. The molecular formula is C15H22O3. The van der Waals surface area contributed by atoms with Crippen LogP contribution in [0.5, 0.6) is 11.5 Å². The highest BCUT2D eigenvalue weighted by atomic mass is 16.5. The van der Waals surface area contributed by atoms with Crippen LogP contribution in [0.1, 0.15) is 50.7 Å². The molecule has 1 aromatic rings. The van der Waals surface area contributed by atoms with E-state index in [0.29, 0.717) is 11.9 Å². The molecule has 3 nitrogen and oxygen atoms in total. The van der Waals surface area contributed by atoms with Crippen molar-refractivity contribution in [2.75, 3.05) is 7.11 Å². The van der Waals surface area contributed by atoms with Crippen molar-refractivity contribution in [3.05, 3.63) is 23.8 Å². The first-order chi connectivity index (χ1) is 8.70. The molecule has 1 atom stereocenters. The Morgan fingerprint density at radius 2 is 1.89 bits per heavy atom. The van der Waals surface area contributed by atoms with E-state index in [1.807, 2.05) is 18.2 Å². The molecule has 1 aliphatic rings. The lowest BCUT2D eigenvalue weighted by atomic mass is 9.98. The second kappa shape index (κ2) is 6.10. The molecule has 0 aromatic heterocycles. The van der Waals surface area contributed by atoms with E-state index < -0.39 is 6.10 Å². The Labute approximate surface area is 109 Å². The van der Waals surface area contributed by atoms with Gasteiger partial charge in [0.1, 0.15) is 0 Å². The molecule has 1 aliphatic carbocycles. The van der Waals surface area contributed by atoms with E-state index in [2.05, 4.69) is 0 Å². The van der Waals surface area contributed by atoms with Gasteiger partial charge in [0.25, 0.3) is 0 Å². The number of ether oxygens (including phenoxy) is 2. The highest BCUT2D eigenvalue weighted by Gasteiger charge is 2.17. The molecule has 0 bridgehead atoms. The predicted molar refractivity (Wildman–Crippen MR) is 71.1 cm³/mol. The molecule has 0 radical (unpaired) electrons. The number of aliphatic hydroxyl groups excluding tert-OH is 1. The van der Waals surface area contributed by atoms with Crippen LogP contribution in [0.25, 0.3) is 0 Å². The molecule has 3 heteroatoms. The molecule has 2 rings (SSSR count). The quantitative estimate of drug-likeness (QED) is 0.889. The summed E-state index contributed by atoms with van der Waals surface area (Å²) < 4.78 is 11.3. The van der Waals surface area contributed by atoms with E-state index in [9.17, 15) is 5.11 Å². The van der Waals surface area contributed by atoms with Crippen molar-refractivity contribution in [1.29, 1.82) is 0 Å². The monoisotopic (exact) mass is 250 g/mol. The minimum absolute atomic E-state index is 0.310. The zero-order chi connectivity index (χ0) is 13.0. The molecule has 1 unspecified atom stereocenters. The molecule has 0 spiro atoms. The normalized spacial score (nSPS) is 18.4. The third kappa shape index (κ3) is 3.16. The van der Waals surface area contributed by atoms with Crippen LogP contribution >= 0.6 is 0 Å². The summed E-state index contributed by atoms with van der Waals surface area (Å²) >= 11 is 0. The zero-order valence-electron chi connectivity index (χ0n) is 11.2. The van der Waals surface area contributed by atoms with E-state index in [0.717, 1.165) is 24.2 Å². The van der Waals surface area contributed by atoms with Crippen LogP contribution < -0.4 is 9.47 Å². The van der Waals surface area contributed by atoms with Crippen molar-refractivity contribution in [3.63, 3.8) is 0 Å². The third-order valence-electron chi connectivity index (χ3n) is 3.52. The summed E-state index contributed by atoms with van der Waals surface area (Å²) in [4.78, 5) is 0. The smallest absolute Gasteiger partial charge is 0.161 e. The minimum atomic E-state index is -0.484. The highest BCUT2D eigenvalue weighted by molar-refractivity contribution is 5.43. The van der Waals surface area contributed by atoms with E-state index in [-0.39, 0.29) is 0 Å². The van der Waals surface area contributed by atoms with Crippen LogP contribution in [0, 0.1) is 0 Å². The molecular weight excluding hydrogens is 228 g/mol. The van der Waals surface area contributed by atoms with E-state index in [4.69, 9.17) is 9.47 Å². The van der Waals surface area contributed by atoms with Crippen molar-refractivity contribution in [2.24, 2.45) is 0 Å². The summed E-state index contributed by atoms with van der Waals surface area (Å²) in [5.74, 6) is 1.49. The zero-order valence-corrected chi connectivity index (χ0v) is 11.2. The summed E-state index contributed by atoms with van der Waals surface area (Å²) in [6.07, 6.45) is 5.89. The number of benzene rings is 1. The molecule has 18 heavy (non-hydrogen) atoms. The van der Waals surface area contributed by atoms with Gasteiger partial charge in [-0.15, -0.1) is 0 Å². The van der Waals surface area contributed by atoms with Crippen molar-refractivity contribution in [3.8, 4) is 11.5 Å². The Kier molecular flexibility index (Phi) is 4.48. The molecule has 1 N–H and O–H groups in total. The molecule has 1 fully saturated rings. The lowest BCUT2D eigenvalue weighted by Gasteiger charge is -2.24. The Balaban J connectivity index is 2.11. The van der Waals surface area contributed by atoms with Crippen molar-refractivity contribution < 1.29 is 14.6 Å². The van der Waals surface area contributed by atoms with Crippen molar-refractivity contribution in [1.82, 2.24) is 0 Å². The molecule has 100 valence electrons. The fourth-order valence-corrected chi connectivity index (χ4v) is 2.40. The SMILES string of the molecule is COc1cc(C(C)O)ccc1OC1CCCCC1. The largest absolute Gasteiger partial charge is 0.493 e. The van der Waals surface area contributed by atoms with Crippen LogP contribution in [0.15, 0.2) is 18.2 Å². The molecule has 0 amide bonds. The van der Waals surface area contributed by atoms with Gasteiger partial charge < -0.3 is 14.6 Å². The first-order valence-corrected chi connectivity index (χ1v) is 6.73. The number of rotatable bonds is 4. The van der Waals surface area contributed by atoms with E-state index >= 15 is 0 Å².